The quantitative estimate of drug-likeness (QED) is 0.219. The Morgan fingerprint density at radius 3 is 1.86 bits per heavy atom. The molecule has 1 heterocycles. The van der Waals surface area contributed by atoms with Gasteiger partial charge in [0.05, 0.1) is 16.6 Å². The van der Waals surface area contributed by atoms with Crippen molar-refractivity contribution < 1.29 is 28.4 Å². The summed E-state index contributed by atoms with van der Waals surface area (Å²) in [7, 11) is -0.239. The molecule has 9 heteroatoms. The molecule has 8 nitrogen and oxygen atoms in total. The van der Waals surface area contributed by atoms with E-state index >= 15 is 0 Å². The molecule has 1 fully saturated rings. The van der Waals surface area contributed by atoms with Crippen LogP contribution in [0.1, 0.15) is 102 Å². The second kappa shape index (κ2) is 11.5. The number of alkyl carbamates (subject to hydrolysis) is 1. The minimum Gasteiger partial charge on any atom is -0.460 e. The van der Waals surface area contributed by atoms with Gasteiger partial charge in [0, 0.05) is 6.54 Å². The Hall–Kier alpha value is -1.74. The monoisotopic (exact) mass is 496 g/mol. The first-order chi connectivity index (χ1) is 15.7. The highest BCUT2D eigenvalue weighted by Crippen LogP contribution is 2.39. The predicted molar refractivity (Wildman–Crippen MR) is 140 cm³/mol. The molecule has 0 saturated carbocycles. The molecule has 1 unspecified atom stereocenters. The number of ether oxygens (including phenoxy) is 2. The highest BCUT2D eigenvalue weighted by molar-refractivity contribution is 6.45. The number of unbranched alkanes of at least 4 members (excludes halogenated alkanes) is 1. The van der Waals surface area contributed by atoms with Gasteiger partial charge in [0.1, 0.15) is 17.0 Å². The third-order valence-electron chi connectivity index (χ3n) is 6.28. The smallest absolute Gasteiger partial charge is 0.457 e. The number of carbonyl (C=O) groups excluding carboxylic acids is 2. The molecule has 0 radical (unpaired) electrons. The summed E-state index contributed by atoms with van der Waals surface area (Å²) in [6.07, 6.45) is 3.08. The largest absolute Gasteiger partial charge is 0.460 e. The number of nitrogens with one attached hydrogen (secondary N) is 2. The fourth-order valence-electron chi connectivity index (χ4n) is 3.60. The van der Waals surface area contributed by atoms with Gasteiger partial charge in [0.25, 0.3) is 0 Å². The van der Waals surface area contributed by atoms with Crippen molar-refractivity contribution in [2.24, 2.45) is 5.41 Å². The van der Waals surface area contributed by atoms with E-state index < -0.39 is 22.7 Å². The maximum absolute atomic E-state index is 13.1. The minimum absolute atomic E-state index is 0.229. The Morgan fingerprint density at radius 2 is 1.37 bits per heavy atom. The summed E-state index contributed by atoms with van der Waals surface area (Å²) in [5, 5.41) is 5.65. The van der Waals surface area contributed by atoms with Crippen molar-refractivity contribution in [2.75, 3.05) is 6.54 Å². The molecule has 2 N–H and O–H groups in total. The molecule has 0 aromatic heterocycles. The van der Waals surface area contributed by atoms with Gasteiger partial charge < -0.3 is 24.1 Å². The molecule has 1 amide bonds. The number of amides is 1. The van der Waals surface area contributed by atoms with Gasteiger partial charge in [0.2, 0.25) is 0 Å². The van der Waals surface area contributed by atoms with Crippen LogP contribution in [-0.2, 0) is 23.6 Å². The zero-order valence-corrected chi connectivity index (χ0v) is 24.0. The van der Waals surface area contributed by atoms with Crippen molar-refractivity contribution in [2.45, 2.75) is 131 Å². The Morgan fingerprint density at radius 1 is 0.857 bits per heavy atom. The van der Waals surface area contributed by atoms with Gasteiger partial charge in [-0.2, -0.15) is 0 Å². The van der Waals surface area contributed by atoms with Gasteiger partial charge in [0.15, 0.2) is 0 Å². The van der Waals surface area contributed by atoms with E-state index in [4.69, 9.17) is 18.8 Å². The van der Waals surface area contributed by atoms with Crippen molar-refractivity contribution in [3.63, 3.8) is 0 Å². The molecule has 0 spiro atoms. The van der Waals surface area contributed by atoms with E-state index in [9.17, 15) is 9.59 Å². The lowest BCUT2D eigenvalue weighted by Crippen LogP contribution is -2.41. The zero-order chi connectivity index (χ0) is 27.3. The third-order valence-corrected chi connectivity index (χ3v) is 6.28. The molecule has 1 atom stereocenters. The second-order valence-electron chi connectivity index (χ2n) is 12.8. The van der Waals surface area contributed by atoms with Gasteiger partial charge in [-0.05, 0) is 95.3 Å². The maximum atomic E-state index is 13.1. The number of esters is 1. The predicted octanol–water partition coefficient (Wildman–Crippen LogP) is 5.57. The van der Waals surface area contributed by atoms with Gasteiger partial charge in [-0.3, -0.25) is 10.1 Å². The van der Waals surface area contributed by atoms with Crippen molar-refractivity contribution in [3.05, 3.63) is 12.4 Å². The SMILES string of the molecule is C=C(NCCC(C)(CCCCB1OC(C)(C)C(C)(C)O1)C(=O)OC(C)(C)C)NC(=O)OC(C)(C)C. The van der Waals surface area contributed by atoms with Crippen molar-refractivity contribution in [1.82, 2.24) is 10.6 Å². The highest BCUT2D eigenvalue weighted by Gasteiger charge is 2.50. The molecule has 1 aliphatic rings. The van der Waals surface area contributed by atoms with Crippen LogP contribution >= 0.6 is 0 Å². The van der Waals surface area contributed by atoms with Gasteiger partial charge in [-0.25, -0.2) is 4.79 Å². The summed E-state index contributed by atoms with van der Waals surface area (Å²) in [6.45, 7) is 25.4. The van der Waals surface area contributed by atoms with E-state index in [-0.39, 0.29) is 24.3 Å². The number of hydrogen-bond donors (Lipinski definition) is 2. The lowest BCUT2D eigenvalue weighted by molar-refractivity contribution is -0.167. The molecule has 202 valence electrons. The first-order valence-corrected chi connectivity index (χ1v) is 12.7. The summed E-state index contributed by atoms with van der Waals surface area (Å²) < 4.78 is 23.1. The fourth-order valence-corrected chi connectivity index (χ4v) is 3.60. The van der Waals surface area contributed by atoms with Crippen LogP contribution in [0.25, 0.3) is 0 Å². The molecule has 1 saturated heterocycles. The topological polar surface area (TPSA) is 95.1 Å². The summed E-state index contributed by atoms with van der Waals surface area (Å²) in [4.78, 5) is 25.0. The van der Waals surface area contributed by atoms with Gasteiger partial charge >= 0.3 is 19.2 Å². The minimum atomic E-state index is -0.692. The number of carbonyl (C=O) groups is 2. The fraction of sp³-hybridized carbons (Fsp3) is 0.846. The second-order valence-corrected chi connectivity index (χ2v) is 12.8. The van der Waals surface area contributed by atoms with E-state index in [2.05, 4.69) is 17.2 Å². The van der Waals surface area contributed by atoms with Crippen LogP contribution in [-0.4, -0.2) is 48.1 Å². The molecule has 35 heavy (non-hydrogen) atoms. The van der Waals surface area contributed by atoms with Crippen LogP contribution in [0.3, 0.4) is 0 Å². The number of hydrogen-bond acceptors (Lipinski definition) is 7. The normalized spacial score (nSPS) is 19.0. The van der Waals surface area contributed by atoms with E-state index in [1.807, 2.05) is 55.4 Å². The van der Waals surface area contributed by atoms with Crippen LogP contribution in [0.15, 0.2) is 12.4 Å². The summed E-state index contributed by atoms with van der Waals surface area (Å²) in [5.41, 5.74) is -2.55. The molecule has 0 bridgehead atoms. The maximum Gasteiger partial charge on any atom is 0.457 e. The van der Waals surface area contributed by atoms with Gasteiger partial charge in [-0.15, -0.1) is 0 Å². The van der Waals surface area contributed by atoms with E-state index in [0.717, 1.165) is 19.2 Å². The Bertz CT molecular complexity index is 738. The van der Waals surface area contributed by atoms with Crippen LogP contribution in [0, 0.1) is 5.41 Å². The molecular weight excluding hydrogens is 447 g/mol. The molecule has 1 aliphatic heterocycles. The standard InChI is InChI=1S/C26H49BN2O6/c1-19(29-21(31)33-23(5,6)7)28-18-16-26(12,20(30)32-22(2,3)4)15-13-14-17-27-34-24(8,9)25(10,11)35-27/h28H,1,13-18H2,2-12H3,(H,29,31). The van der Waals surface area contributed by atoms with E-state index in [0.29, 0.717) is 25.2 Å². The van der Waals surface area contributed by atoms with Crippen LogP contribution < -0.4 is 10.6 Å². The van der Waals surface area contributed by atoms with E-state index in [1.165, 1.54) is 0 Å². The first-order valence-electron chi connectivity index (χ1n) is 12.7. The van der Waals surface area contributed by atoms with E-state index in [1.54, 1.807) is 20.8 Å². The lowest BCUT2D eigenvalue weighted by Gasteiger charge is -2.32. The van der Waals surface area contributed by atoms with Crippen molar-refractivity contribution >= 4 is 19.2 Å². The Balaban J connectivity index is 2.63. The Kier molecular flexibility index (Phi) is 10.3. The molecule has 0 aliphatic carbocycles. The average molecular weight is 496 g/mol. The van der Waals surface area contributed by atoms with Crippen LogP contribution in [0.5, 0.6) is 0 Å². The zero-order valence-electron chi connectivity index (χ0n) is 24.0. The summed E-state index contributed by atoms with van der Waals surface area (Å²) in [5.74, 6) is 0.0969. The number of rotatable bonds is 11. The molecule has 0 aromatic carbocycles. The first kappa shape index (κ1) is 31.3. The average Bonchev–Trinajstić information content (AvgIpc) is 2.82. The molecular formula is C26H49BN2O6. The van der Waals surface area contributed by atoms with Crippen LogP contribution in [0.4, 0.5) is 4.79 Å². The molecule has 0 aromatic rings. The van der Waals surface area contributed by atoms with Crippen LogP contribution in [0.2, 0.25) is 6.32 Å². The molecule has 1 rings (SSSR count). The van der Waals surface area contributed by atoms with Gasteiger partial charge in [-0.1, -0.05) is 19.4 Å². The van der Waals surface area contributed by atoms with Crippen molar-refractivity contribution in [3.8, 4) is 0 Å². The third kappa shape index (κ3) is 10.8. The summed E-state index contributed by atoms with van der Waals surface area (Å²) >= 11 is 0. The Labute approximate surface area is 213 Å². The lowest BCUT2D eigenvalue weighted by atomic mass is 9.77. The summed E-state index contributed by atoms with van der Waals surface area (Å²) in [6, 6.07) is 0. The highest BCUT2D eigenvalue weighted by atomic mass is 16.7. The van der Waals surface area contributed by atoms with Crippen molar-refractivity contribution in [1.29, 1.82) is 0 Å².